The number of carbonyl (C=O) groups is 1. The molecule has 3 N–H and O–H groups in total. The van der Waals surface area contributed by atoms with E-state index >= 15 is 0 Å². The minimum Gasteiger partial charge on any atom is -0.454 e. The van der Waals surface area contributed by atoms with Gasteiger partial charge in [0.2, 0.25) is 6.79 Å². The number of carbonyl (C=O) groups excluding carboxylic acids is 1. The number of aromatic nitrogens is 2. The molecular weight excluding hydrogens is 394 g/mol. The molecule has 1 amide bonds. The van der Waals surface area contributed by atoms with Crippen LogP contribution in [-0.4, -0.2) is 27.4 Å². The number of hydrogen-bond acceptors (Lipinski definition) is 6. The van der Waals surface area contributed by atoms with Crippen LogP contribution < -0.4 is 31.2 Å². The number of thiocarbonyl (C=S) groups is 1. The molecule has 29 heavy (non-hydrogen) atoms. The van der Waals surface area contributed by atoms with E-state index in [-0.39, 0.29) is 24.0 Å². The van der Waals surface area contributed by atoms with Crippen LogP contribution in [0, 0.1) is 0 Å². The van der Waals surface area contributed by atoms with E-state index in [4.69, 9.17) is 21.7 Å². The zero-order valence-corrected chi connectivity index (χ0v) is 16.0. The van der Waals surface area contributed by atoms with E-state index in [0.717, 1.165) is 5.56 Å². The molecule has 1 aliphatic rings. The van der Waals surface area contributed by atoms with E-state index in [2.05, 4.69) is 21.2 Å². The first-order valence-electron chi connectivity index (χ1n) is 8.76. The first kappa shape index (κ1) is 18.7. The van der Waals surface area contributed by atoms with Gasteiger partial charge in [-0.3, -0.25) is 25.0 Å². The predicted octanol–water partition coefficient (Wildman–Crippen LogP) is 0.821. The first-order valence-corrected chi connectivity index (χ1v) is 9.17. The molecule has 4 rings (SSSR count). The number of para-hydroxylation sites is 2. The van der Waals surface area contributed by atoms with Gasteiger partial charge in [0.05, 0.1) is 17.2 Å². The highest BCUT2D eigenvalue weighted by molar-refractivity contribution is 7.80. The van der Waals surface area contributed by atoms with Crippen molar-refractivity contribution in [3.05, 3.63) is 64.6 Å². The standard InChI is InChI=1S/C19H17N5O4S/c25-17(10-24-14-4-2-1-3-13(14)20-9-18(24)26)22-23-19(29)21-8-12-5-6-15-16(7-12)28-11-27-15/h1-7,9H,8,10-11H2,(H,22,25)(H2,21,23,29). The van der Waals surface area contributed by atoms with Gasteiger partial charge in [-0.1, -0.05) is 18.2 Å². The van der Waals surface area contributed by atoms with Gasteiger partial charge >= 0.3 is 0 Å². The number of rotatable bonds is 4. The molecule has 0 fully saturated rings. The van der Waals surface area contributed by atoms with Crippen LogP contribution in [0.5, 0.6) is 11.5 Å². The fourth-order valence-corrected chi connectivity index (χ4v) is 2.99. The summed E-state index contributed by atoms with van der Waals surface area (Å²) in [6.07, 6.45) is 1.20. The van der Waals surface area contributed by atoms with E-state index in [1.165, 1.54) is 10.8 Å². The number of hydrazine groups is 1. The van der Waals surface area contributed by atoms with Gasteiger partial charge in [0, 0.05) is 6.54 Å². The predicted molar refractivity (Wildman–Crippen MR) is 109 cm³/mol. The monoisotopic (exact) mass is 411 g/mol. The van der Waals surface area contributed by atoms with Gasteiger partial charge in [-0.15, -0.1) is 0 Å². The number of benzene rings is 2. The topological polar surface area (TPSA) is 107 Å². The Morgan fingerprint density at radius 1 is 1.14 bits per heavy atom. The number of amides is 1. The molecule has 0 radical (unpaired) electrons. The van der Waals surface area contributed by atoms with E-state index in [1.54, 1.807) is 18.2 Å². The molecule has 0 aliphatic carbocycles. The molecule has 0 unspecified atom stereocenters. The molecule has 148 valence electrons. The van der Waals surface area contributed by atoms with Gasteiger partial charge in [-0.05, 0) is 42.0 Å². The summed E-state index contributed by atoms with van der Waals surface area (Å²) in [5, 5.41) is 3.22. The third kappa shape index (κ3) is 4.27. The zero-order chi connectivity index (χ0) is 20.2. The lowest BCUT2D eigenvalue weighted by Crippen LogP contribution is -2.48. The Labute approximate surface area is 170 Å². The van der Waals surface area contributed by atoms with Crippen molar-refractivity contribution < 1.29 is 14.3 Å². The van der Waals surface area contributed by atoms with Crippen LogP contribution in [0.3, 0.4) is 0 Å². The molecule has 0 atom stereocenters. The number of fused-ring (bicyclic) bond motifs is 2. The second kappa shape index (κ2) is 8.15. The van der Waals surface area contributed by atoms with Crippen molar-refractivity contribution in [2.75, 3.05) is 6.79 Å². The van der Waals surface area contributed by atoms with Gasteiger partial charge < -0.3 is 14.8 Å². The highest BCUT2D eigenvalue weighted by Gasteiger charge is 2.13. The van der Waals surface area contributed by atoms with Crippen LogP contribution in [0.25, 0.3) is 11.0 Å². The first-order chi connectivity index (χ1) is 14.1. The smallest absolute Gasteiger partial charge is 0.269 e. The molecule has 1 aliphatic heterocycles. The maximum absolute atomic E-state index is 12.2. The summed E-state index contributed by atoms with van der Waals surface area (Å²) in [6, 6.07) is 12.7. The molecule has 0 bridgehead atoms. The summed E-state index contributed by atoms with van der Waals surface area (Å²) in [4.78, 5) is 28.4. The Hall–Kier alpha value is -3.66. The summed E-state index contributed by atoms with van der Waals surface area (Å²) in [6.45, 7) is 0.487. The second-order valence-electron chi connectivity index (χ2n) is 6.21. The number of hydrogen-bond donors (Lipinski definition) is 3. The molecule has 9 nitrogen and oxygen atoms in total. The molecule has 1 aromatic heterocycles. The Morgan fingerprint density at radius 2 is 1.97 bits per heavy atom. The molecule has 0 saturated carbocycles. The van der Waals surface area contributed by atoms with Crippen LogP contribution in [-0.2, 0) is 17.9 Å². The molecule has 3 aromatic rings. The van der Waals surface area contributed by atoms with Crippen molar-refractivity contribution in [2.24, 2.45) is 0 Å². The summed E-state index contributed by atoms with van der Waals surface area (Å²) in [5.74, 6) is 0.975. The van der Waals surface area contributed by atoms with E-state index < -0.39 is 5.91 Å². The molecule has 0 spiro atoms. The quantitative estimate of drug-likeness (QED) is 0.428. The maximum Gasteiger partial charge on any atom is 0.269 e. The van der Waals surface area contributed by atoms with E-state index in [9.17, 15) is 9.59 Å². The SMILES string of the molecule is O=C(Cn1c(=O)cnc2ccccc21)NNC(=S)NCc1ccc2c(c1)OCO2. The average molecular weight is 411 g/mol. The van der Waals surface area contributed by atoms with Gasteiger partial charge in [-0.2, -0.15) is 0 Å². The summed E-state index contributed by atoms with van der Waals surface area (Å²) >= 11 is 5.17. The summed E-state index contributed by atoms with van der Waals surface area (Å²) in [7, 11) is 0. The van der Waals surface area contributed by atoms with Crippen molar-refractivity contribution >= 4 is 34.3 Å². The average Bonchev–Trinajstić information content (AvgIpc) is 3.20. The second-order valence-corrected chi connectivity index (χ2v) is 6.62. The minimum atomic E-state index is -0.421. The third-order valence-corrected chi connectivity index (χ3v) is 4.51. The normalized spacial score (nSPS) is 11.9. The van der Waals surface area contributed by atoms with E-state index in [0.29, 0.717) is 29.1 Å². The van der Waals surface area contributed by atoms with Crippen LogP contribution in [0.2, 0.25) is 0 Å². The Morgan fingerprint density at radius 3 is 2.86 bits per heavy atom. The maximum atomic E-state index is 12.2. The van der Waals surface area contributed by atoms with Gasteiger partial charge in [0.1, 0.15) is 6.54 Å². The lowest BCUT2D eigenvalue weighted by atomic mass is 10.2. The Bertz CT molecular complexity index is 1150. The minimum absolute atomic E-state index is 0.167. The summed E-state index contributed by atoms with van der Waals surface area (Å²) < 4.78 is 12.0. The van der Waals surface area contributed by atoms with Crippen molar-refractivity contribution in [3.8, 4) is 11.5 Å². The van der Waals surface area contributed by atoms with Crippen LogP contribution in [0.1, 0.15) is 5.56 Å². The molecule has 2 heterocycles. The van der Waals surface area contributed by atoms with Crippen molar-refractivity contribution in [1.82, 2.24) is 25.7 Å². The molecule has 10 heteroatoms. The lowest BCUT2D eigenvalue weighted by molar-refractivity contribution is -0.122. The van der Waals surface area contributed by atoms with Crippen molar-refractivity contribution in [3.63, 3.8) is 0 Å². The Balaban J connectivity index is 1.30. The highest BCUT2D eigenvalue weighted by Crippen LogP contribution is 2.32. The number of nitrogens with zero attached hydrogens (tertiary/aromatic N) is 2. The molecular formula is C19H17N5O4S. The van der Waals surface area contributed by atoms with Gasteiger partial charge in [-0.25, -0.2) is 4.98 Å². The van der Waals surface area contributed by atoms with Crippen LogP contribution in [0.15, 0.2) is 53.5 Å². The van der Waals surface area contributed by atoms with Crippen molar-refractivity contribution in [2.45, 2.75) is 13.1 Å². The third-order valence-electron chi connectivity index (χ3n) is 4.26. The van der Waals surface area contributed by atoms with Crippen molar-refractivity contribution in [1.29, 1.82) is 0 Å². The fraction of sp³-hybridized carbons (Fsp3) is 0.158. The van der Waals surface area contributed by atoms with Crippen LogP contribution in [0.4, 0.5) is 0 Å². The van der Waals surface area contributed by atoms with Crippen LogP contribution >= 0.6 is 12.2 Å². The molecule has 0 saturated heterocycles. The highest BCUT2D eigenvalue weighted by atomic mass is 32.1. The Kier molecular flexibility index (Phi) is 5.25. The largest absolute Gasteiger partial charge is 0.454 e. The molecule has 2 aromatic carbocycles. The zero-order valence-electron chi connectivity index (χ0n) is 15.2. The van der Waals surface area contributed by atoms with Gasteiger partial charge in [0.25, 0.3) is 11.5 Å². The fourth-order valence-electron chi connectivity index (χ4n) is 2.86. The van der Waals surface area contributed by atoms with E-state index in [1.807, 2.05) is 24.3 Å². The lowest BCUT2D eigenvalue weighted by Gasteiger charge is -2.13. The number of nitrogens with one attached hydrogen (secondary N) is 3. The van der Waals surface area contributed by atoms with Gasteiger partial charge in [0.15, 0.2) is 16.6 Å². The summed E-state index contributed by atoms with van der Waals surface area (Å²) in [5.41, 5.74) is 6.91. The number of ether oxygens (including phenoxy) is 2.